The van der Waals surface area contributed by atoms with Crippen molar-refractivity contribution in [1.82, 2.24) is 14.6 Å². The molecule has 0 unspecified atom stereocenters. The highest BCUT2D eigenvalue weighted by atomic mass is 16.5. The summed E-state index contributed by atoms with van der Waals surface area (Å²) in [6, 6.07) is 21.4. The molecule has 0 spiro atoms. The van der Waals surface area contributed by atoms with Gasteiger partial charge in [-0.3, -0.25) is 4.90 Å². The summed E-state index contributed by atoms with van der Waals surface area (Å²) in [5.74, 6) is 0.957. The molecule has 32 heavy (non-hydrogen) atoms. The summed E-state index contributed by atoms with van der Waals surface area (Å²) in [5.41, 5.74) is 8.77. The van der Waals surface area contributed by atoms with Gasteiger partial charge in [0.15, 0.2) is 5.76 Å². The predicted octanol–water partition coefficient (Wildman–Crippen LogP) is 4.79. The van der Waals surface area contributed by atoms with Gasteiger partial charge in [-0.15, -0.1) is 0 Å². The van der Waals surface area contributed by atoms with Crippen molar-refractivity contribution in [3.63, 3.8) is 0 Å². The minimum absolute atomic E-state index is 0.799. The van der Waals surface area contributed by atoms with Gasteiger partial charge in [0.25, 0.3) is 0 Å². The van der Waals surface area contributed by atoms with Crippen molar-refractivity contribution < 1.29 is 9.26 Å². The van der Waals surface area contributed by atoms with Crippen LogP contribution in [0.15, 0.2) is 71.4 Å². The van der Waals surface area contributed by atoms with Crippen LogP contribution in [0.3, 0.4) is 0 Å². The number of hydrogen-bond donors (Lipinski definition) is 0. The van der Waals surface area contributed by atoms with E-state index in [0.29, 0.717) is 0 Å². The molecule has 0 radical (unpaired) electrons. The SMILES string of the molecule is c1ccc(Cn2cc3c(c2-c2ccccc2)CCc2c(CN4CCOCC4)noc2-3)cc1. The second-order valence-corrected chi connectivity index (χ2v) is 8.67. The van der Waals surface area contributed by atoms with Crippen LogP contribution < -0.4 is 0 Å². The van der Waals surface area contributed by atoms with Gasteiger partial charge in [-0.1, -0.05) is 65.8 Å². The first-order valence-electron chi connectivity index (χ1n) is 11.5. The van der Waals surface area contributed by atoms with Crippen molar-refractivity contribution in [3.05, 3.63) is 89.2 Å². The molecule has 6 rings (SSSR count). The fraction of sp³-hybridized carbons (Fsp3) is 0.296. The first-order chi connectivity index (χ1) is 15.9. The van der Waals surface area contributed by atoms with E-state index in [1.54, 1.807) is 0 Å². The highest BCUT2D eigenvalue weighted by molar-refractivity contribution is 5.79. The Morgan fingerprint density at radius 3 is 2.31 bits per heavy atom. The van der Waals surface area contributed by atoms with Crippen molar-refractivity contribution in [1.29, 1.82) is 0 Å². The summed E-state index contributed by atoms with van der Waals surface area (Å²) in [7, 11) is 0. The third-order valence-electron chi connectivity index (χ3n) is 6.64. The van der Waals surface area contributed by atoms with Crippen LogP contribution in [0.5, 0.6) is 0 Å². The average Bonchev–Trinajstić information content (AvgIpc) is 3.42. The highest BCUT2D eigenvalue weighted by Crippen LogP contribution is 2.42. The zero-order valence-corrected chi connectivity index (χ0v) is 18.2. The monoisotopic (exact) mass is 425 g/mol. The molecule has 1 aliphatic heterocycles. The third kappa shape index (κ3) is 3.57. The maximum absolute atomic E-state index is 5.99. The fourth-order valence-corrected chi connectivity index (χ4v) is 5.05. The van der Waals surface area contributed by atoms with E-state index < -0.39 is 0 Å². The molecule has 4 aromatic rings. The van der Waals surface area contributed by atoms with Crippen molar-refractivity contribution >= 4 is 0 Å². The molecule has 0 N–H and O–H groups in total. The molecule has 1 aliphatic carbocycles. The van der Waals surface area contributed by atoms with Gasteiger partial charge < -0.3 is 13.8 Å². The Morgan fingerprint density at radius 1 is 0.812 bits per heavy atom. The molecular weight excluding hydrogens is 398 g/mol. The Kier molecular flexibility index (Phi) is 5.13. The molecule has 5 heteroatoms. The smallest absolute Gasteiger partial charge is 0.172 e. The molecule has 3 heterocycles. The predicted molar refractivity (Wildman–Crippen MR) is 124 cm³/mol. The Balaban J connectivity index is 1.41. The minimum Gasteiger partial charge on any atom is -0.379 e. The molecule has 0 atom stereocenters. The van der Waals surface area contributed by atoms with Crippen molar-refractivity contribution in [2.75, 3.05) is 26.3 Å². The molecule has 0 bridgehead atoms. The van der Waals surface area contributed by atoms with E-state index in [1.807, 2.05) is 0 Å². The van der Waals surface area contributed by atoms with Crippen LogP contribution in [0, 0.1) is 0 Å². The zero-order chi connectivity index (χ0) is 21.3. The number of ether oxygens (including phenoxy) is 1. The number of fused-ring (bicyclic) bond motifs is 3. The fourth-order valence-electron chi connectivity index (χ4n) is 5.05. The Hall–Kier alpha value is -3.15. The van der Waals surface area contributed by atoms with Gasteiger partial charge >= 0.3 is 0 Å². The van der Waals surface area contributed by atoms with Crippen molar-refractivity contribution in [3.8, 4) is 22.6 Å². The minimum atomic E-state index is 0.799. The first-order valence-corrected chi connectivity index (χ1v) is 11.5. The molecule has 2 aromatic heterocycles. The van der Waals surface area contributed by atoms with Gasteiger partial charge in [-0.2, -0.15) is 0 Å². The molecular formula is C27H27N3O2. The Morgan fingerprint density at radius 2 is 1.53 bits per heavy atom. The van der Waals surface area contributed by atoms with E-state index in [4.69, 9.17) is 9.26 Å². The van der Waals surface area contributed by atoms with Crippen LogP contribution >= 0.6 is 0 Å². The second-order valence-electron chi connectivity index (χ2n) is 8.67. The zero-order valence-electron chi connectivity index (χ0n) is 18.2. The van der Waals surface area contributed by atoms with Crippen LogP contribution in [0.4, 0.5) is 0 Å². The van der Waals surface area contributed by atoms with E-state index in [0.717, 1.165) is 63.7 Å². The van der Waals surface area contributed by atoms with Crippen LogP contribution in [0.25, 0.3) is 22.6 Å². The highest BCUT2D eigenvalue weighted by Gasteiger charge is 2.30. The van der Waals surface area contributed by atoms with Gasteiger partial charge in [0.05, 0.1) is 18.9 Å². The Bertz CT molecular complexity index is 1200. The van der Waals surface area contributed by atoms with E-state index in [1.165, 1.54) is 33.5 Å². The van der Waals surface area contributed by atoms with Gasteiger partial charge in [0.2, 0.25) is 0 Å². The molecule has 1 fully saturated rings. The number of aromatic nitrogens is 2. The molecule has 1 saturated heterocycles. The summed E-state index contributed by atoms with van der Waals surface area (Å²) in [6.07, 6.45) is 4.25. The van der Waals surface area contributed by atoms with Crippen molar-refractivity contribution in [2.24, 2.45) is 0 Å². The van der Waals surface area contributed by atoms with Crippen LogP contribution in [-0.2, 0) is 30.7 Å². The lowest BCUT2D eigenvalue weighted by Crippen LogP contribution is -2.36. The number of nitrogens with zero attached hydrogens (tertiary/aromatic N) is 3. The summed E-state index contributed by atoms with van der Waals surface area (Å²) < 4.78 is 13.9. The summed E-state index contributed by atoms with van der Waals surface area (Å²) >= 11 is 0. The normalized spacial score (nSPS) is 16.0. The van der Waals surface area contributed by atoms with Crippen LogP contribution in [0.2, 0.25) is 0 Å². The number of hydrogen-bond acceptors (Lipinski definition) is 4. The summed E-state index contributed by atoms with van der Waals surface area (Å²) in [6.45, 7) is 5.19. The second kappa shape index (κ2) is 8.41. The number of morpholine rings is 1. The van der Waals surface area contributed by atoms with Gasteiger partial charge in [0, 0.05) is 43.5 Å². The molecule has 2 aromatic carbocycles. The third-order valence-corrected chi connectivity index (χ3v) is 6.64. The van der Waals surface area contributed by atoms with Crippen molar-refractivity contribution in [2.45, 2.75) is 25.9 Å². The van der Waals surface area contributed by atoms with Crippen LogP contribution in [0.1, 0.15) is 22.4 Å². The average molecular weight is 426 g/mol. The molecule has 162 valence electrons. The molecule has 0 amide bonds. The van der Waals surface area contributed by atoms with E-state index in [2.05, 4.69) is 81.5 Å². The molecule has 5 nitrogen and oxygen atoms in total. The van der Waals surface area contributed by atoms with Crippen LogP contribution in [-0.4, -0.2) is 40.9 Å². The van der Waals surface area contributed by atoms with E-state index in [9.17, 15) is 0 Å². The van der Waals surface area contributed by atoms with Gasteiger partial charge in [-0.05, 0) is 29.5 Å². The summed E-state index contributed by atoms with van der Waals surface area (Å²) in [4.78, 5) is 2.41. The number of rotatable bonds is 5. The quantitative estimate of drug-likeness (QED) is 0.461. The summed E-state index contributed by atoms with van der Waals surface area (Å²) in [5, 5.41) is 4.52. The standard InChI is InChI=1S/C27H27N3O2/c1-3-7-20(8-4-1)17-30-18-24-22(26(30)21-9-5-2-6-10-21)11-12-23-25(28-32-27(23)24)19-29-13-15-31-16-14-29/h1-10,18H,11-17,19H2. The van der Waals surface area contributed by atoms with E-state index in [-0.39, 0.29) is 0 Å². The maximum Gasteiger partial charge on any atom is 0.172 e. The van der Waals surface area contributed by atoms with Gasteiger partial charge in [-0.25, -0.2) is 0 Å². The number of benzene rings is 2. The Labute approximate surface area is 188 Å². The van der Waals surface area contributed by atoms with E-state index >= 15 is 0 Å². The van der Waals surface area contributed by atoms with Gasteiger partial charge in [0.1, 0.15) is 5.69 Å². The largest absolute Gasteiger partial charge is 0.379 e. The molecule has 2 aliphatic rings. The topological polar surface area (TPSA) is 43.4 Å². The lowest BCUT2D eigenvalue weighted by Gasteiger charge is -2.26. The molecule has 0 saturated carbocycles. The lowest BCUT2D eigenvalue weighted by molar-refractivity contribution is 0.0331. The maximum atomic E-state index is 5.99. The first kappa shape index (κ1) is 19.5. The lowest BCUT2D eigenvalue weighted by atomic mass is 9.89.